The summed E-state index contributed by atoms with van der Waals surface area (Å²) in [5.74, 6) is -0.520. The van der Waals surface area contributed by atoms with Crippen LogP contribution in [-0.4, -0.2) is 30.6 Å². The lowest BCUT2D eigenvalue weighted by atomic mass is 10.2. The van der Waals surface area contributed by atoms with Gasteiger partial charge in [-0.1, -0.05) is 17.7 Å². The Labute approximate surface area is 155 Å². The molecule has 0 atom stereocenters. The van der Waals surface area contributed by atoms with Crippen LogP contribution in [0.25, 0.3) is 5.52 Å². The van der Waals surface area contributed by atoms with Gasteiger partial charge in [0.25, 0.3) is 10.0 Å². The SMILES string of the molecule is CCOC(=O)c1cnn2ccc(NS(=O)(=O)c3cc(Cl)ccc3C)cc12. The molecule has 3 rings (SSSR count). The fourth-order valence-electron chi connectivity index (χ4n) is 2.48. The van der Waals surface area contributed by atoms with E-state index >= 15 is 0 Å². The van der Waals surface area contributed by atoms with Gasteiger partial charge in [0.2, 0.25) is 0 Å². The summed E-state index contributed by atoms with van der Waals surface area (Å²) in [5.41, 5.74) is 1.56. The number of nitrogens with one attached hydrogen (secondary N) is 1. The molecule has 0 aliphatic heterocycles. The van der Waals surface area contributed by atoms with Gasteiger partial charge in [-0.2, -0.15) is 5.10 Å². The number of esters is 1. The number of carbonyl (C=O) groups is 1. The van der Waals surface area contributed by atoms with Gasteiger partial charge in [0.05, 0.1) is 28.9 Å². The van der Waals surface area contributed by atoms with Gasteiger partial charge in [0.1, 0.15) is 5.56 Å². The number of nitrogens with zero attached hydrogens (tertiary/aromatic N) is 2. The maximum absolute atomic E-state index is 12.7. The van der Waals surface area contributed by atoms with E-state index in [0.717, 1.165) is 0 Å². The average molecular weight is 394 g/mol. The molecule has 2 heterocycles. The second-order valence-corrected chi connectivity index (χ2v) is 7.63. The zero-order valence-corrected chi connectivity index (χ0v) is 15.6. The Hall–Kier alpha value is -2.58. The van der Waals surface area contributed by atoms with Crippen LogP contribution in [0.15, 0.2) is 47.6 Å². The molecule has 0 fully saturated rings. The first-order valence-corrected chi connectivity index (χ1v) is 9.61. The molecule has 0 aliphatic rings. The number of anilines is 1. The first-order chi connectivity index (χ1) is 12.3. The van der Waals surface area contributed by atoms with Gasteiger partial charge in [0.15, 0.2) is 0 Å². The molecule has 0 aliphatic carbocycles. The smallest absolute Gasteiger partial charge is 0.341 e. The summed E-state index contributed by atoms with van der Waals surface area (Å²) in [5, 5.41) is 4.39. The molecular formula is C17H16ClN3O4S. The highest BCUT2D eigenvalue weighted by molar-refractivity contribution is 7.92. The zero-order valence-electron chi connectivity index (χ0n) is 14.1. The molecular weight excluding hydrogens is 378 g/mol. The van der Waals surface area contributed by atoms with Crippen LogP contribution in [0.2, 0.25) is 5.02 Å². The van der Waals surface area contributed by atoms with Crippen molar-refractivity contribution in [3.05, 3.63) is 58.9 Å². The Morgan fingerprint density at radius 3 is 2.81 bits per heavy atom. The predicted molar refractivity (Wildman–Crippen MR) is 98.1 cm³/mol. The van der Waals surface area contributed by atoms with Crippen molar-refractivity contribution in [2.75, 3.05) is 11.3 Å². The van der Waals surface area contributed by atoms with Crippen LogP contribution in [0.5, 0.6) is 0 Å². The van der Waals surface area contributed by atoms with Crippen LogP contribution in [0.1, 0.15) is 22.8 Å². The number of pyridine rings is 1. The largest absolute Gasteiger partial charge is 0.462 e. The van der Waals surface area contributed by atoms with Crippen LogP contribution in [0.4, 0.5) is 5.69 Å². The number of carbonyl (C=O) groups excluding carboxylic acids is 1. The topological polar surface area (TPSA) is 89.8 Å². The quantitative estimate of drug-likeness (QED) is 0.672. The van der Waals surface area contributed by atoms with Crippen molar-refractivity contribution >= 4 is 38.8 Å². The Balaban J connectivity index is 1.99. The van der Waals surface area contributed by atoms with E-state index in [1.165, 1.54) is 22.8 Å². The van der Waals surface area contributed by atoms with Crippen molar-refractivity contribution in [2.24, 2.45) is 0 Å². The fraction of sp³-hybridized carbons (Fsp3) is 0.176. The Kier molecular flexibility index (Phi) is 4.88. The molecule has 26 heavy (non-hydrogen) atoms. The van der Waals surface area contributed by atoms with Gasteiger partial charge in [-0.15, -0.1) is 0 Å². The summed E-state index contributed by atoms with van der Waals surface area (Å²) in [6.07, 6.45) is 2.94. The van der Waals surface area contributed by atoms with E-state index < -0.39 is 16.0 Å². The summed E-state index contributed by atoms with van der Waals surface area (Å²) in [6.45, 7) is 3.62. The van der Waals surface area contributed by atoms with Gasteiger partial charge in [-0.05, 0) is 43.7 Å². The predicted octanol–water partition coefficient (Wildman–Crippen LogP) is 3.27. The lowest BCUT2D eigenvalue weighted by molar-refractivity contribution is 0.0528. The number of rotatable bonds is 5. The minimum Gasteiger partial charge on any atom is -0.462 e. The first kappa shape index (κ1) is 18.2. The lowest BCUT2D eigenvalue weighted by Gasteiger charge is -2.11. The van der Waals surface area contributed by atoms with Crippen molar-refractivity contribution in [2.45, 2.75) is 18.7 Å². The molecule has 1 N–H and O–H groups in total. The molecule has 7 nitrogen and oxygen atoms in total. The molecule has 0 unspecified atom stereocenters. The van der Waals surface area contributed by atoms with Crippen LogP contribution in [0.3, 0.4) is 0 Å². The fourth-order valence-corrected chi connectivity index (χ4v) is 4.04. The lowest BCUT2D eigenvalue weighted by Crippen LogP contribution is -2.14. The monoisotopic (exact) mass is 393 g/mol. The summed E-state index contributed by atoms with van der Waals surface area (Å²) < 4.78 is 34.3. The number of ether oxygens (including phenoxy) is 1. The normalized spacial score (nSPS) is 11.5. The van der Waals surface area contributed by atoms with Crippen molar-refractivity contribution in [3.63, 3.8) is 0 Å². The number of fused-ring (bicyclic) bond motifs is 1. The highest BCUT2D eigenvalue weighted by Crippen LogP contribution is 2.24. The number of aryl methyl sites for hydroxylation is 1. The van der Waals surface area contributed by atoms with Gasteiger partial charge < -0.3 is 4.74 Å². The van der Waals surface area contributed by atoms with E-state index in [9.17, 15) is 13.2 Å². The van der Waals surface area contributed by atoms with Crippen LogP contribution in [0, 0.1) is 6.92 Å². The number of hydrogen-bond acceptors (Lipinski definition) is 5. The second kappa shape index (κ2) is 6.97. The summed E-state index contributed by atoms with van der Waals surface area (Å²) in [7, 11) is -3.84. The Morgan fingerprint density at radius 2 is 2.08 bits per heavy atom. The zero-order chi connectivity index (χ0) is 18.9. The van der Waals surface area contributed by atoms with E-state index in [-0.39, 0.29) is 17.1 Å². The van der Waals surface area contributed by atoms with Gasteiger partial charge >= 0.3 is 5.97 Å². The highest BCUT2D eigenvalue weighted by atomic mass is 35.5. The molecule has 1 aromatic carbocycles. The summed E-state index contributed by atoms with van der Waals surface area (Å²) in [4.78, 5) is 12.1. The second-order valence-electron chi connectivity index (χ2n) is 5.54. The number of benzene rings is 1. The Morgan fingerprint density at radius 1 is 1.31 bits per heavy atom. The van der Waals surface area contributed by atoms with Crippen LogP contribution in [-0.2, 0) is 14.8 Å². The molecule has 0 bridgehead atoms. The molecule has 0 amide bonds. The minimum absolute atomic E-state index is 0.0870. The van der Waals surface area contributed by atoms with Crippen LogP contribution < -0.4 is 4.72 Å². The average Bonchev–Trinajstić information content (AvgIpc) is 3.00. The minimum atomic E-state index is -3.84. The third-order valence-corrected chi connectivity index (χ3v) is 5.47. The summed E-state index contributed by atoms with van der Waals surface area (Å²) in [6, 6.07) is 7.72. The third-order valence-electron chi connectivity index (χ3n) is 3.71. The van der Waals surface area contributed by atoms with Gasteiger partial charge in [-0.3, -0.25) is 4.72 Å². The Bertz CT molecular complexity index is 1090. The van der Waals surface area contributed by atoms with E-state index in [4.69, 9.17) is 16.3 Å². The number of aromatic nitrogens is 2. The van der Waals surface area contributed by atoms with Gasteiger partial charge in [-0.25, -0.2) is 17.7 Å². The molecule has 2 aromatic heterocycles. The molecule has 0 saturated carbocycles. The van der Waals surface area contributed by atoms with E-state index in [1.54, 1.807) is 38.2 Å². The van der Waals surface area contributed by atoms with E-state index in [2.05, 4.69) is 9.82 Å². The first-order valence-electron chi connectivity index (χ1n) is 7.75. The number of halogens is 1. The molecule has 9 heteroatoms. The van der Waals surface area contributed by atoms with Crippen molar-refractivity contribution < 1.29 is 17.9 Å². The third kappa shape index (κ3) is 3.51. The number of sulfonamides is 1. The molecule has 136 valence electrons. The highest BCUT2D eigenvalue weighted by Gasteiger charge is 2.19. The molecule has 0 saturated heterocycles. The van der Waals surface area contributed by atoms with Crippen molar-refractivity contribution in [1.82, 2.24) is 9.61 Å². The van der Waals surface area contributed by atoms with Gasteiger partial charge in [0, 0.05) is 11.2 Å². The van der Waals surface area contributed by atoms with E-state index in [0.29, 0.717) is 21.8 Å². The summed E-state index contributed by atoms with van der Waals surface area (Å²) >= 11 is 5.92. The molecule has 0 radical (unpaired) electrons. The van der Waals surface area contributed by atoms with Crippen molar-refractivity contribution in [3.8, 4) is 0 Å². The molecule has 3 aromatic rings. The standard InChI is InChI=1S/C17H16ClN3O4S/c1-3-25-17(22)14-10-19-21-7-6-13(9-15(14)21)20-26(23,24)16-8-12(18)5-4-11(16)2/h4-10,20H,3H2,1-2H3. The van der Waals surface area contributed by atoms with Crippen LogP contribution >= 0.6 is 11.6 Å². The van der Waals surface area contributed by atoms with E-state index in [1.807, 2.05) is 0 Å². The maximum Gasteiger partial charge on any atom is 0.341 e. The molecule has 0 spiro atoms. The van der Waals surface area contributed by atoms with Crippen molar-refractivity contribution in [1.29, 1.82) is 0 Å². The maximum atomic E-state index is 12.7. The number of hydrogen-bond donors (Lipinski definition) is 1.